The van der Waals surface area contributed by atoms with Crippen LogP contribution >= 0.6 is 0 Å². The van der Waals surface area contributed by atoms with Gasteiger partial charge in [-0.2, -0.15) is 10.2 Å². The number of halogens is 1. The Labute approximate surface area is 109 Å². The van der Waals surface area contributed by atoms with Crippen LogP contribution in [0, 0.1) is 17.1 Å². The van der Waals surface area contributed by atoms with Gasteiger partial charge in [-0.05, 0) is 17.7 Å². The van der Waals surface area contributed by atoms with Gasteiger partial charge in [0.15, 0.2) is 11.6 Å². The SMILES string of the molecule is N#Cc1ccc(CNc2nc(NN)ncc2F)cc1. The number of nitrogen functional groups attached to an aromatic ring is 1. The molecule has 0 spiro atoms. The van der Waals surface area contributed by atoms with Crippen LogP contribution in [0.2, 0.25) is 0 Å². The molecule has 0 aliphatic heterocycles. The molecule has 0 saturated carbocycles. The third kappa shape index (κ3) is 3.14. The van der Waals surface area contributed by atoms with Crippen LogP contribution < -0.4 is 16.6 Å². The van der Waals surface area contributed by atoms with E-state index in [1.807, 2.05) is 6.07 Å². The van der Waals surface area contributed by atoms with Crippen LogP contribution in [0.5, 0.6) is 0 Å². The van der Waals surface area contributed by atoms with E-state index in [4.69, 9.17) is 11.1 Å². The summed E-state index contributed by atoms with van der Waals surface area (Å²) in [5.74, 6) is 4.78. The quantitative estimate of drug-likeness (QED) is 0.566. The summed E-state index contributed by atoms with van der Waals surface area (Å²) >= 11 is 0. The molecule has 0 bridgehead atoms. The maximum atomic E-state index is 13.4. The van der Waals surface area contributed by atoms with E-state index in [1.54, 1.807) is 24.3 Å². The lowest BCUT2D eigenvalue weighted by Crippen LogP contribution is -2.13. The average Bonchev–Trinajstić information content (AvgIpc) is 2.47. The molecule has 0 radical (unpaired) electrons. The van der Waals surface area contributed by atoms with Crippen molar-refractivity contribution >= 4 is 11.8 Å². The molecule has 0 fully saturated rings. The first-order valence-corrected chi connectivity index (χ1v) is 5.45. The summed E-state index contributed by atoms with van der Waals surface area (Å²) in [4.78, 5) is 7.49. The Morgan fingerprint density at radius 3 is 2.68 bits per heavy atom. The molecule has 0 atom stereocenters. The van der Waals surface area contributed by atoms with Crippen LogP contribution in [0.4, 0.5) is 16.2 Å². The minimum Gasteiger partial charge on any atom is -0.363 e. The van der Waals surface area contributed by atoms with Crippen molar-refractivity contribution in [3.05, 3.63) is 47.4 Å². The van der Waals surface area contributed by atoms with Gasteiger partial charge in [0, 0.05) is 6.54 Å². The molecule has 7 heteroatoms. The van der Waals surface area contributed by atoms with Gasteiger partial charge in [-0.15, -0.1) is 0 Å². The Morgan fingerprint density at radius 1 is 1.32 bits per heavy atom. The van der Waals surface area contributed by atoms with E-state index >= 15 is 0 Å². The van der Waals surface area contributed by atoms with Crippen molar-refractivity contribution < 1.29 is 4.39 Å². The van der Waals surface area contributed by atoms with Crippen molar-refractivity contribution in [1.82, 2.24) is 9.97 Å². The number of nitriles is 1. The Hall–Kier alpha value is -2.72. The highest BCUT2D eigenvalue weighted by Gasteiger charge is 2.05. The molecule has 4 N–H and O–H groups in total. The minimum absolute atomic E-state index is 0.0623. The number of hydrogen-bond donors (Lipinski definition) is 3. The molecule has 1 aromatic heterocycles. The van der Waals surface area contributed by atoms with Crippen molar-refractivity contribution in [3.63, 3.8) is 0 Å². The molecule has 0 amide bonds. The van der Waals surface area contributed by atoms with Gasteiger partial charge in [0.1, 0.15) is 0 Å². The number of benzene rings is 1. The Bertz CT molecular complexity index is 605. The average molecular weight is 258 g/mol. The Balaban J connectivity index is 2.07. The normalized spacial score (nSPS) is 9.74. The number of aromatic nitrogens is 2. The molecule has 19 heavy (non-hydrogen) atoms. The maximum absolute atomic E-state index is 13.4. The summed E-state index contributed by atoms with van der Waals surface area (Å²) in [5.41, 5.74) is 3.72. The molecule has 2 rings (SSSR count). The molecular formula is C12H11FN6. The lowest BCUT2D eigenvalue weighted by atomic mass is 10.1. The highest BCUT2D eigenvalue weighted by Crippen LogP contribution is 2.13. The van der Waals surface area contributed by atoms with Crippen molar-refractivity contribution in [3.8, 4) is 6.07 Å². The third-order valence-corrected chi connectivity index (χ3v) is 2.42. The number of rotatable bonds is 4. The molecule has 0 saturated heterocycles. The van der Waals surface area contributed by atoms with Gasteiger partial charge in [0.25, 0.3) is 0 Å². The molecule has 1 aromatic carbocycles. The van der Waals surface area contributed by atoms with E-state index in [9.17, 15) is 4.39 Å². The number of nitrogens with one attached hydrogen (secondary N) is 2. The zero-order chi connectivity index (χ0) is 13.7. The highest BCUT2D eigenvalue weighted by molar-refractivity contribution is 5.41. The van der Waals surface area contributed by atoms with Crippen molar-refractivity contribution in [2.45, 2.75) is 6.54 Å². The molecule has 6 nitrogen and oxygen atoms in total. The first-order chi connectivity index (χ1) is 9.22. The number of hydrogen-bond acceptors (Lipinski definition) is 6. The second kappa shape index (κ2) is 5.75. The monoisotopic (exact) mass is 258 g/mol. The van der Waals surface area contributed by atoms with Gasteiger partial charge in [-0.3, -0.25) is 5.43 Å². The largest absolute Gasteiger partial charge is 0.363 e. The summed E-state index contributed by atoms with van der Waals surface area (Å²) in [7, 11) is 0. The number of nitrogens with two attached hydrogens (primary N) is 1. The fourth-order valence-corrected chi connectivity index (χ4v) is 1.44. The van der Waals surface area contributed by atoms with Gasteiger partial charge < -0.3 is 5.32 Å². The molecular weight excluding hydrogens is 247 g/mol. The van der Waals surface area contributed by atoms with Gasteiger partial charge >= 0.3 is 0 Å². The zero-order valence-corrected chi connectivity index (χ0v) is 9.89. The van der Waals surface area contributed by atoms with Crippen LogP contribution in [-0.2, 0) is 6.54 Å². The predicted molar refractivity (Wildman–Crippen MR) is 68.3 cm³/mol. The lowest BCUT2D eigenvalue weighted by molar-refractivity contribution is 0.617. The van der Waals surface area contributed by atoms with Crippen LogP contribution in [0.3, 0.4) is 0 Å². The third-order valence-electron chi connectivity index (χ3n) is 2.42. The van der Waals surface area contributed by atoms with Gasteiger partial charge in [-0.1, -0.05) is 12.1 Å². The maximum Gasteiger partial charge on any atom is 0.239 e. The van der Waals surface area contributed by atoms with Crippen LogP contribution in [0.25, 0.3) is 0 Å². The van der Waals surface area contributed by atoms with Crippen LogP contribution in [-0.4, -0.2) is 9.97 Å². The van der Waals surface area contributed by atoms with E-state index in [2.05, 4.69) is 20.7 Å². The number of hydrazine groups is 1. The summed E-state index contributed by atoms with van der Waals surface area (Å²) in [5, 5.41) is 11.5. The molecule has 0 aliphatic carbocycles. The van der Waals surface area contributed by atoms with Gasteiger partial charge in [0.2, 0.25) is 5.95 Å². The summed E-state index contributed by atoms with van der Waals surface area (Å²) < 4.78 is 13.4. The van der Waals surface area contributed by atoms with Gasteiger partial charge in [-0.25, -0.2) is 15.2 Å². The van der Waals surface area contributed by atoms with E-state index in [1.165, 1.54) is 0 Å². The van der Waals surface area contributed by atoms with E-state index in [0.717, 1.165) is 11.8 Å². The molecule has 0 unspecified atom stereocenters. The lowest BCUT2D eigenvalue weighted by Gasteiger charge is -2.07. The zero-order valence-electron chi connectivity index (χ0n) is 9.89. The second-order valence-corrected chi connectivity index (χ2v) is 3.70. The topological polar surface area (TPSA) is 99.7 Å². The minimum atomic E-state index is -0.562. The first-order valence-electron chi connectivity index (χ1n) is 5.45. The molecule has 1 heterocycles. The van der Waals surface area contributed by atoms with E-state index in [0.29, 0.717) is 12.1 Å². The first kappa shape index (κ1) is 12.7. The fraction of sp³-hybridized carbons (Fsp3) is 0.0833. The van der Waals surface area contributed by atoms with Crippen LogP contribution in [0.15, 0.2) is 30.5 Å². The fourth-order valence-electron chi connectivity index (χ4n) is 1.44. The van der Waals surface area contributed by atoms with Gasteiger partial charge in [0.05, 0.1) is 17.8 Å². The number of nitrogens with zero attached hydrogens (tertiary/aromatic N) is 3. The predicted octanol–water partition coefficient (Wildman–Crippen LogP) is 1.39. The summed E-state index contributed by atoms with van der Waals surface area (Å²) in [6, 6.07) is 8.99. The van der Waals surface area contributed by atoms with Crippen molar-refractivity contribution in [1.29, 1.82) is 5.26 Å². The molecule has 2 aromatic rings. The smallest absolute Gasteiger partial charge is 0.239 e. The van der Waals surface area contributed by atoms with Crippen molar-refractivity contribution in [2.24, 2.45) is 5.84 Å². The Morgan fingerprint density at radius 2 is 2.05 bits per heavy atom. The van der Waals surface area contributed by atoms with Crippen molar-refractivity contribution in [2.75, 3.05) is 10.7 Å². The summed E-state index contributed by atoms with van der Waals surface area (Å²) in [6.45, 7) is 0.379. The number of anilines is 2. The summed E-state index contributed by atoms with van der Waals surface area (Å²) in [6.07, 6.45) is 1.03. The highest BCUT2D eigenvalue weighted by atomic mass is 19.1. The standard InChI is InChI=1S/C12H11FN6/c13-10-7-17-12(19-15)18-11(10)16-6-9-3-1-8(5-14)2-4-9/h1-4,7H,6,15H2,(H2,16,17,18,19). The van der Waals surface area contributed by atoms with E-state index in [-0.39, 0.29) is 11.8 Å². The Kier molecular flexibility index (Phi) is 3.85. The molecule has 96 valence electrons. The molecule has 0 aliphatic rings. The van der Waals surface area contributed by atoms with Crippen LogP contribution in [0.1, 0.15) is 11.1 Å². The van der Waals surface area contributed by atoms with E-state index < -0.39 is 5.82 Å². The second-order valence-electron chi connectivity index (χ2n) is 3.70.